The molecule has 0 bridgehead atoms. The molecule has 0 saturated carbocycles. The van der Waals surface area contributed by atoms with Crippen LogP contribution in [0.4, 0.5) is 5.82 Å². The Balaban J connectivity index is 2.54. The van der Waals surface area contributed by atoms with Crippen LogP contribution in [0.15, 0.2) is 30.6 Å². The van der Waals surface area contributed by atoms with E-state index in [4.69, 9.17) is 5.73 Å². The predicted octanol–water partition coefficient (Wildman–Crippen LogP) is 2.34. The maximum atomic E-state index is 5.62. The lowest BCUT2D eigenvalue weighted by molar-refractivity contribution is 1.18. The smallest absolute Gasteiger partial charge is 0.127 e. The predicted molar refractivity (Wildman–Crippen MR) is 61.4 cm³/mol. The van der Waals surface area contributed by atoms with Crippen molar-refractivity contribution in [3.05, 3.63) is 41.7 Å². The van der Waals surface area contributed by atoms with Gasteiger partial charge >= 0.3 is 0 Å². The van der Waals surface area contributed by atoms with Crippen molar-refractivity contribution in [2.24, 2.45) is 0 Å². The summed E-state index contributed by atoms with van der Waals surface area (Å²) in [4.78, 5) is 8.08. The molecule has 0 aliphatic heterocycles. The molecule has 1 heterocycles. The average molecular weight is 199 g/mol. The van der Waals surface area contributed by atoms with Crippen LogP contribution in [0.2, 0.25) is 0 Å². The first-order valence-corrected chi connectivity index (χ1v) is 4.81. The Bertz CT molecular complexity index is 472. The number of nitrogen functional groups attached to an aromatic ring is 1. The van der Waals surface area contributed by atoms with Crippen molar-refractivity contribution in [3.8, 4) is 11.3 Å². The van der Waals surface area contributed by atoms with Crippen LogP contribution in [0.1, 0.15) is 11.1 Å². The van der Waals surface area contributed by atoms with Gasteiger partial charge in [0, 0.05) is 11.6 Å². The van der Waals surface area contributed by atoms with Crippen molar-refractivity contribution in [1.29, 1.82) is 0 Å². The van der Waals surface area contributed by atoms with E-state index in [2.05, 4.69) is 42.0 Å². The summed E-state index contributed by atoms with van der Waals surface area (Å²) >= 11 is 0. The molecular weight excluding hydrogens is 186 g/mol. The van der Waals surface area contributed by atoms with Gasteiger partial charge in [-0.15, -0.1) is 0 Å². The molecule has 0 radical (unpaired) electrons. The monoisotopic (exact) mass is 199 g/mol. The lowest BCUT2D eigenvalue weighted by Crippen LogP contribution is -1.93. The van der Waals surface area contributed by atoms with Gasteiger partial charge in [-0.3, -0.25) is 0 Å². The van der Waals surface area contributed by atoms with Crippen molar-refractivity contribution >= 4 is 5.82 Å². The largest absolute Gasteiger partial charge is 0.384 e. The first-order chi connectivity index (χ1) is 7.15. The standard InChI is InChI=1S/C12H13N3/c1-8-3-9(2)5-10(4-8)11-6-12(13)15-7-14-11/h3-7H,1-2H3,(H2,13,14,15). The highest BCUT2D eigenvalue weighted by atomic mass is 14.9. The molecule has 0 amide bonds. The zero-order chi connectivity index (χ0) is 10.8. The van der Waals surface area contributed by atoms with E-state index in [0.717, 1.165) is 11.3 Å². The average Bonchev–Trinajstić information content (AvgIpc) is 2.16. The van der Waals surface area contributed by atoms with Crippen LogP contribution in [-0.4, -0.2) is 9.97 Å². The fourth-order valence-electron chi connectivity index (χ4n) is 1.65. The number of benzene rings is 1. The molecule has 0 saturated heterocycles. The van der Waals surface area contributed by atoms with E-state index >= 15 is 0 Å². The van der Waals surface area contributed by atoms with E-state index in [1.54, 1.807) is 6.07 Å². The maximum absolute atomic E-state index is 5.62. The zero-order valence-electron chi connectivity index (χ0n) is 8.86. The Morgan fingerprint density at radius 1 is 0.933 bits per heavy atom. The Morgan fingerprint density at radius 2 is 1.60 bits per heavy atom. The van der Waals surface area contributed by atoms with Crippen molar-refractivity contribution in [1.82, 2.24) is 9.97 Å². The highest BCUT2D eigenvalue weighted by Crippen LogP contribution is 2.20. The number of nitrogens with zero attached hydrogens (tertiary/aromatic N) is 2. The lowest BCUT2D eigenvalue weighted by atomic mass is 10.0. The van der Waals surface area contributed by atoms with Crippen LogP contribution < -0.4 is 5.73 Å². The van der Waals surface area contributed by atoms with Gasteiger partial charge in [0.1, 0.15) is 12.1 Å². The summed E-state index contributed by atoms with van der Waals surface area (Å²) in [5.74, 6) is 0.499. The van der Waals surface area contributed by atoms with E-state index in [0.29, 0.717) is 5.82 Å². The fourth-order valence-corrected chi connectivity index (χ4v) is 1.65. The van der Waals surface area contributed by atoms with Crippen LogP contribution in [0, 0.1) is 13.8 Å². The SMILES string of the molecule is Cc1cc(C)cc(-c2cc(N)ncn2)c1. The van der Waals surface area contributed by atoms with Crippen molar-refractivity contribution in [2.75, 3.05) is 5.73 Å². The Kier molecular flexibility index (Phi) is 2.37. The second kappa shape index (κ2) is 3.69. The molecule has 0 fully saturated rings. The quantitative estimate of drug-likeness (QED) is 0.767. The molecular formula is C12H13N3. The zero-order valence-corrected chi connectivity index (χ0v) is 8.86. The number of aryl methyl sites for hydroxylation is 2. The van der Waals surface area contributed by atoms with Crippen LogP contribution in [-0.2, 0) is 0 Å². The molecule has 1 aromatic heterocycles. The third-order valence-electron chi connectivity index (χ3n) is 2.21. The molecule has 1 aromatic carbocycles. The van der Waals surface area contributed by atoms with Gasteiger partial charge in [0.25, 0.3) is 0 Å². The highest BCUT2D eigenvalue weighted by Gasteiger charge is 2.01. The van der Waals surface area contributed by atoms with Crippen molar-refractivity contribution in [3.63, 3.8) is 0 Å². The van der Waals surface area contributed by atoms with E-state index in [-0.39, 0.29) is 0 Å². The minimum absolute atomic E-state index is 0.499. The topological polar surface area (TPSA) is 51.8 Å². The normalized spacial score (nSPS) is 10.3. The van der Waals surface area contributed by atoms with Gasteiger partial charge in [-0.05, 0) is 26.0 Å². The van der Waals surface area contributed by atoms with Crippen LogP contribution in [0.3, 0.4) is 0 Å². The van der Waals surface area contributed by atoms with Gasteiger partial charge in [-0.2, -0.15) is 0 Å². The van der Waals surface area contributed by atoms with Crippen molar-refractivity contribution < 1.29 is 0 Å². The van der Waals surface area contributed by atoms with E-state index in [1.807, 2.05) is 0 Å². The lowest BCUT2D eigenvalue weighted by Gasteiger charge is -2.04. The number of rotatable bonds is 1. The first kappa shape index (κ1) is 9.65. The van der Waals surface area contributed by atoms with E-state index in [9.17, 15) is 0 Å². The third kappa shape index (κ3) is 2.13. The van der Waals surface area contributed by atoms with Gasteiger partial charge in [0.05, 0.1) is 5.69 Å². The number of hydrogen-bond acceptors (Lipinski definition) is 3. The van der Waals surface area contributed by atoms with Gasteiger partial charge in [-0.1, -0.05) is 17.2 Å². The fraction of sp³-hybridized carbons (Fsp3) is 0.167. The molecule has 0 aliphatic rings. The summed E-state index contributed by atoms with van der Waals surface area (Å²) in [5, 5.41) is 0. The van der Waals surface area contributed by atoms with Crippen LogP contribution in [0.25, 0.3) is 11.3 Å². The second-order valence-electron chi connectivity index (χ2n) is 3.70. The molecule has 2 N–H and O–H groups in total. The molecule has 76 valence electrons. The molecule has 15 heavy (non-hydrogen) atoms. The summed E-state index contributed by atoms with van der Waals surface area (Å²) in [5.41, 5.74) is 10.0. The summed E-state index contributed by atoms with van der Waals surface area (Å²) in [6, 6.07) is 8.10. The molecule has 3 nitrogen and oxygen atoms in total. The van der Waals surface area contributed by atoms with Crippen molar-refractivity contribution in [2.45, 2.75) is 13.8 Å². The van der Waals surface area contributed by atoms with Crippen LogP contribution >= 0.6 is 0 Å². The summed E-state index contributed by atoms with van der Waals surface area (Å²) in [6.07, 6.45) is 1.49. The van der Waals surface area contributed by atoms with E-state index in [1.165, 1.54) is 17.5 Å². The Hall–Kier alpha value is -1.90. The number of nitrogens with two attached hydrogens (primary N) is 1. The van der Waals surface area contributed by atoms with Gasteiger partial charge in [0.15, 0.2) is 0 Å². The Morgan fingerprint density at radius 3 is 2.20 bits per heavy atom. The maximum Gasteiger partial charge on any atom is 0.127 e. The molecule has 3 heteroatoms. The van der Waals surface area contributed by atoms with Gasteiger partial charge in [0.2, 0.25) is 0 Å². The minimum Gasteiger partial charge on any atom is -0.384 e. The number of anilines is 1. The Labute approximate surface area is 89.0 Å². The van der Waals surface area contributed by atoms with E-state index < -0.39 is 0 Å². The highest BCUT2D eigenvalue weighted by molar-refractivity contribution is 5.63. The minimum atomic E-state index is 0.499. The first-order valence-electron chi connectivity index (χ1n) is 4.81. The molecule has 2 aromatic rings. The molecule has 2 rings (SSSR count). The molecule has 0 aliphatic carbocycles. The molecule has 0 unspecified atom stereocenters. The summed E-state index contributed by atoms with van der Waals surface area (Å²) < 4.78 is 0. The van der Waals surface area contributed by atoms with Gasteiger partial charge < -0.3 is 5.73 Å². The second-order valence-corrected chi connectivity index (χ2v) is 3.70. The summed E-state index contributed by atoms with van der Waals surface area (Å²) in [6.45, 7) is 4.14. The molecule has 0 spiro atoms. The van der Waals surface area contributed by atoms with Crippen LogP contribution in [0.5, 0.6) is 0 Å². The van der Waals surface area contributed by atoms with Gasteiger partial charge in [-0.25, -0.2) is 9.97 Å². The number of aromatic nitrogens is 2. The number of hydrogen-bond donors (Lipinski definition) is 1. The third-order valence-corrected chi connectivity index (χ3v) is 2.21. The molecule has 0 atom stereocenters. The summed E-state index contributed by atoms with van der Waals surface area (Å²) in [7, 11) is 0.